The molecule has 0 saturated heterocycles. The molecule has 2 aromatic carbocycles. The van der Waals surface area contributed by atoms with Crippen molar-refractivity contribution in [2.24, 2.45) is 0 Å². The number of hydrogen-bond donors (Lipinski definition) is 1. The van der Waals surface area contributed by atoms with E-state index in [-0.39, 0.29) is 5.91 Å². The third-order valence-corrected chi connectivity index (χ3v) is 3.24. The van der Waals surface area contributed by atoms with Gasteiger partial charge in [0, 0.05) is 28.8 Å². The van der Waals surface area contributed by atoms with Crippen LogP contribution in [0.1, 0.15) is 16.2 Å². The number of halogens is 1. The maximum atomic E-state index is 12.1. The lowest BCUT2D eigenvalue weighted by Crippen LogP contribution is -2.11. The number of amides is 1. The summed E-state index contributed by atoms with van der Waals surface area (Å²) in [4.78, 5) is 12.1. The quantitative estimate of drug-likeness (QED) is 0.795. The predicted octanol–water partition coefficient (Wildman–Crippen LogP) is 3.95. The Hall–Kier alpha value is -2.66. The maximum absolute atomic E-state index is 12.1. The van der Waals surface area contributed by atoms with E-state index in [1.807, 2.05) is 0 Å². The van der Waals surface area contributed by atoms with Crippen LogP contribution in [0.5, 0.6) is 0 Å². The monoisotopic (exact) mass is 313 g/mol. The van der Waals surface area contributed by atoms with Crippen LogP contribution in [0, 0.1) is 6.92 Å². The summed E-state index contributed by atoms with van der Waals surface area (Å²) in [5, 5.41) is 11.1. The highest BCUT2D eigenvalue weighted by Crippen LogP contribution is 2.20. The number of nitrogens with one attached hydrogen (secondary N) is 1. The molecule has 0 aliphatic carbocycles. The zero-order valence-electron chi connectivity index (χ0n) is 11.7. The maximum Gasteiger partial charge on any atom is 0.255 e. The van der Waals surface area contributed by atoms with Crippen molar-refractivity contribution in [2.75, 3.05) is 5.32 Å². The lowest BCUT2D eigenvalue weighted by Gasteiger charge is -2.06. The number of rotatable bonds is 3. The first kappa shape index (κ1) is 14.3. The van der Waals surface area contributed by atoms with Gasteiger partial charge >= 0.3 is 0 Å². The molecule has 3 aromatic rings. The molecule has 1 N–H and O–H groups in total. The van der Waals surface area contributed by atoms with Crippen molar-refractivity contribution >= 4 is 23.2 Å². The Morgan fingerprint density at radius 2 is 1.91 bits per heavy atom. The average Bonchev–Trinajstić information content (AvgIpc) is 2.94. The van der Waals surface area contributed by atoms with Crippen molar-refractivity contribution in [3.05, 3.63) is 65.0 Å². The molecule has 110 valence electrons. The van der Waals surface area contributed by atoms with Gasteiger partial charge in [0.15, 0.2) is 0 Å². The summed E-state index contributed by atoms with van der Waals surface area (Å²) in [5.74, 6) is 0.738. The molecular weight excluding hydrogens is 302 g/mol. The summed E-state index contributed by atoms with van der Waals surface area (Å²) in [5.41, 5.74) is 1.97. The van der Waals surface area contributed by atoms with Gasteiger partial charge in [0.1, 0.15) is 0 Å². The Balaban J connectivity index is 1.75. The van der Waals surface area contributed by atoms with Gasteiger partial charge in [-0.2, -0.15) is 0 Å². The molecule has 1 aromatic heterocycles. The topological polar surface area (TPSA) is 68.0 Å². The number of carbonyl (C=O) groups excluding carboxylic acids is 1. The zero-order chi connectivity index (χ0) is 15.5. The number of aryl methyl sites for hydroxylation is 1. The number of anilines is 1. The number of hydrogen-bond acceptors (Lipinski definition) is 4. The van der Waals surface area contributed by atoms with Crippen molar-refractivity contribution in [2.45, 2.75) is 6.92 Å². The van der Waals surface area contributed by atoms with Gasteiger partial charge in [-0.05, 0) is 42.5 Å². The Morgan fingerprint density at radius 3 is 2.55 bits per heavy atom. The molecule has 0 unspecified atom stereocenters. The van der Waals surface area contributed by atoms with Gasteiger partial charge in [-0.15, -0.1) is 10.2 Å². The molecule has 6 heteroatoms. The van der Waals surface area contributed by atoms with E-state index < -0.39 is 0 Å². The highest BCUT2D eigenvalue weighted by atomic mass is 35.5. The predicted molar refractivity (Wildman–Crippen MR) is 83.9 cm³/mol. The SMILES string of the molecule is Cc1nnc(-c2ccc(NC(=O)c3cccc(Cl)c3)cc2)o1. The van der Waals surface area contributed by atoms with E-state index in [4.69, 9.17) is 16.0 Å². The summed E-state index contributed by atoms with van der Waals surface area (Å²) in [6.45, 7) is 1.73. The van der Waals surface area contributed by atoms with Gasteiger partial charge in [0.05, 0.1) is 0 Å². The standard InChI is InChI=1S/C16H12ClN3O2/c1-10-19-20-16(22-10)11-5-7-14(8-6-11)18-15(21)12-3-2-4-13(17)9-12/h2-9H,1H3,(H,18,21). The fourth-order valence-corrected chi connectivity index (χ4v) is 2.13. The minimum Gasteiger partial charge on any atom is -0.421 e. The fraction of sp³-hybridized carbons (Fsp3) is 0.0625. The van der Waals surface area contributed by atoms with Gasteiger partial charge in [0.2, 0.25) is 11.8 Å². The largest absolute Gasteiger partial charge is 0.421 e. The van der Waals surface area contributed by atoms with Gasteiger partial charge in [-0.25, -0.2) is 0 Å². The summed E-state index contributed by atoms with van der Waals surface area (Å²) in [7, 11) is 0. The van der Waals surface area contributed by atoms with Crippen molar-refractivity contribution in [1.82, 2.24) is 10.2 Å². The number of nitrogens with zero attached hydrogens (tertiary/aromatic N) is 2. The minimum absolute atomic E-state index is 0.219. The second-order valence-electron chi connectivity index (χ2n) is 4.67. The van der Waals surface area contributed by atoms with E-state index in [1.165, 1.54) is 0 Å². The fourth-order valence-electron chi connectivity index (χ4n) is 1.94. The lowest BCUT2D eigenvalue weighted by molar-refractivity contribution is 0.102. The average molecular weight is 314 g/mol. The molecule has 0 atom stereocenters. The smallest absolute Gasteiger partial charge is 0.255 e. The Morgan fingerprint density at radius 1 is 1.14 bits per heavy atom. The van der Waals surface area contributed by atoms with Crippen LogP contribution in [0.3, 0.4) is 0 Å². The first-order valence-electron chi connectivity index (χ1n) is 6.59. The molecule has 3 rings (SSSR count). The van der Waals surface area contributed by atoms with Gasteiger partial charge < -0.3 is 9.73 Å². The van der Waals surface area contributed by atoms with Crippen LogP contribution in [0.25, 0.3) is 11.5 Å². The molecule has 0 fully saturated rings. The van der Waals surface area contributed by atoms with Crippen molar-refractivity contribution < 1.29 is 9.21 Å². The van der Waals surface area contributed by atoms with Crippen molar-refractivity contribution in [3.8, 4) is 11.5 Å². The molecule has 1 amide bonds. The highest BCUT2D eigenvalue weighted by Gasteiger charge is 2.08. The number of aromatic nitrogens is 2. The molecule has 0 bridgehead atoms. The van der Waals surface area contributed by atoms with Crippen LogP contribution in [-0.4, -0.2) is 16.1 Å². The molecule has 0 spiro atoms. The first-order chi connectivity index (χ1) is 10.6. The normalized spacial score (nSPS) is 10.5. The lowest BCUT2D eigenvalue weighted by atomic mass is 10.2. The molecule has 5 nitrogen and oxygen atoms in total. The second-order valence-corrected chi connectivity index (χ2v) is 5.10. The van der Waals surface area contributed by atoms with Gasteiger partial charge in [-0.3, -0.25) is 4.79 Å². The van der Waals surface area contributed by atoms with E-state index in [1.54, 1.807) is 55.5 Å². The molecule has 1 heterocycles. The van der Waals surface area contributed by atoms with Crippen molar-refractivity contribution in [3.63, 3.8) is 0 Å². The van der Waals surface area contributed by atoms with E-state index >= 15 is 0 Å². The molecule has 0 radical (unpaired) electrons. The van der Waals surface area contributed by atoms with Gasteiger partial charge in [0.25, 0.3) is 5.91 Å². The Bertz CT molecular complexity index is 812. The summed E-state index contributed by atoms with van der Waals surface area (Å²) < 4.78 is 5.35. The Labute approximate surface area is 131 Å². The summed E-state index contributed by atoms with van der Waals surface area (Å²) >= 11 is 5.88. The van der Waals surface area contributed by atoms with Crippen LogP contribution in [0.4, 0.5) is 5.69 Å². The van der Waals surface area contributed by atoms with Gasteiger partial charge in [-0.1, -0.05) is 17.7 Å². The van der Waals surface area contributed by atoms with E-state index in [9.17, 15) is 4.79 Å². The summed E-state index contributed by atoms with van der Waals surface area (Å²) in [6, 6.07) is 13.9. The van der Waals surface area contributed by atoms with Crippen LogP contribution in [-0.2, 0) is 0 Å². The molecule has 0 aliphatic heterocycles. The minimum atomic E-state index is -0.219. The molecule has 0 aliphatic rings. The number of benzene rings is 2. The van der Waals surface area contributed by atoms with E-state index in [0.29, 0.717) is 28.1 Å². The zero-order valence-corrected chi connectivity index (χ0v) is 12.5. The van der Waals surface area contributed by atoms with E-state index in [2.05, 4.69) is 15.5 Å². The Kier molecular flexibility index (Phi) is 3.89. The van der Waals surface area contributed by atoms with Crippen LogP contribution in [0.2, 0.25) is 5.02 Å². The molecular formula is C16H12ClN3O2. The molecule has 22 heavy (non-hydrogen) atoms. The third-order valence-electron chi connectivity index (χ3n) is 3.00. The van der Waals surface area contributed by atoms with E-state index in [0.717, 1.165) is 5.56 Å². The number of carbonyl (C=O) groups is 1. The summed E-state index contributed by atoms with van der Waals surface area (Å²) in [6.07, 6.45) is 0. The second kappa shape index (κ2) is 5.99. The van der Waals surface area contributed by atoms with Crippen LogP contribution >= 0.6 is 11.6 Å². The molecule has 0 saturated carbocycles. The van der Waals surface area contributed by atoms with Crippen LogP contribution in [0.15, 0.2) is 52.9 Å². The first-order valence-corrected chi connectivity index (χ1v) is 6.97. The van der Waals surface area contributed by atoms with Crippen molar-refractivity contribution in [1.29, 1.82) is 0 Å². The highest BCUT2D eigenvalue weighted by molar-refractivity contribution is 6.31. The van der Waals surface area contributed by atoms with Crippen LogP contribution < -0.4 is 5.32 Å². The third kappa shape index (κ3) is 3.15.